The molecule has 1 amide bonds. The number of hydrazone groups is 1. The molecule has 124 valence electrons. The van der Waals surface area contributed by atoms with Crippen molar-refractivity contribution in [3.05, 3.63) is 66.0 Å². The number of amides is 1. The summed E-state index contributed by atoms with van der Waals surface area (Å²) in [4.78, 5) is 20.0. The van der Waals surface area contributed by atoms with Gasteiger partial charge in [0.2, 0.25) is 5.91 Å². The van der Waals surface area contributed by atoms with Gasteiger partial charge in [-0.15, -0.1) is 0 Å². The molecular formula is C19H17N5O. The van der Waals surface area contributed by atoms with Gasteiger partial charge in [-0.1, -0.05) is 36.4 Å². The number of nitrogens with zero attached hydrogens (tertiary/aromatic N) is 3. The molecule has 1 aliphatic rings. The zero-order valence-electron chi connectivity index (χ0n) is 13.6. The monoisotopic (exact) mass is 331 g/mol. The zero-order chi connectivity index (χ0) is 17.1. The van der Waals surface area contributed by atoms with Gasteiger partial charge in [-0.2, -0.15) is 5.10 Å². The third kappa shape index (κ3) is 3.33. The van der Waals surface area contributed by atoms with Gasteiger partial charge in [0.05, 0.1) is 11.2 Å². The van der Waals surface area contributed by atoms with Crippen LogP contribution in [-0.4, -0.2) is 21.6 Å². The van der Waals surface area contributed by atoms with E-state index in [1.54, 1.807) is 6.33 Å². The average molecular weight is 331 g/mol. The van der Waals surface area contributed by atoms with Crippen molar-refractivity contribution in [1.29, 1.82) is 0 Å². The number of carbonyl (C=O) groups is 1. The Morgan fingerprint density at radius 1 is 1.04 bits per heavy atom. The fraction of sp³-hybridized carbons (Fsp3) is 0.158. The molecule has 0 spiro atoms. The van der Waals surface area contributed by atoms with Crippen molar-refractivity contribution >= 4 is 28.3 Å². The number of aromatic nitrogens is 2. The van der Waals surface area contributed by atoms with Crippen LogP contribution in [0.3, 0.4) is 0 Å². The molecule has 4 rings (SSSR count). The Bertz CT molecular complexity index is 952. The number of nitrogens with one attached hydrogen (secondary N) is 2. The first-order valence-corrected chi connectivity index (χ1v) is 8.18. The maximum Gasteiger partial charge on any atom is 0.240 e. The lowest BCUT2D eigenvalue weighted by atomic mass is 10.0. The summed E-state index contributed by atoms with van der Waals surface area (Å²) in [5.74, 6) is 0.763. The number of benzene rings is 2. The van der Waals surface area contributed by atoms with Crippen LogP contribution in [0.2, 0.25) is 0 Å². The van der Waals surface area contributed by atoms with Crippen molar-refractivity contribution < 1.29 is 4.79 Å². The van der Waals surface area contributed by atoms with Crippen molar-refractivity contribution in [3.8, 4) is 0 Å². The zero-order valence-corrected chi connectivity index (χ0v) is 13.6. The molecule has 0 saturated carbocycles. The minimum Gasteiger partial charge on any atom is -0.365 e. The second kappa shape index (κ2) is 6.68. The average Bonchev–Trinajstić information content (AvgIpc) is 2.67. The van der Waals surface area contributed by atoms with Crippen LogP contribution in [-0.2, 0) is 11.3 Å². The van der Waals surface area contributed by atoms with Crippen molar-refractivity contribution in [3.63, 3.8) is 0 Å². The summed E-state index contributed by atoms with van der Waals surface area (Å²) in [6, 6.07) is 16.2. The third-order valence-electron chi connectivity index (χ3n) is 4.18. The molecule has 0 fully saturated rings. The molecule has 2 N–H and O–H groups in total. The Labute approximate surface area is 145 Å². The second-order valence-corrected chi connectivity index (χ2v) is 5.89. The SMILES string of the molecule is O=C1CCC(c2ccc3c(NCc4ccccc4)ncnc3c2)=NN1. The highest BCUT2D eigenvalue weighted by molar-refractivity contribution is 6.06. The second-order valence-electron chi connectivity index (χ2n) is 5.89. The normalized spacial score (nSPS) is 14.1. The molecule has 0 saturated heterocycles. The molecule has 1 aliphatic heterocycles. The number of carbonyl (C=O) groups excluding carboxylic acids is 1. The van der Waals surface area contributed by atoms with Crippen LogP contribution in [0.15, 0.2) is 60.0 Å². The maximum atomic E-state index is 11.2. The third-order valence-corrected chi connectivity index (χ3v) is 4.18. The van der Waals surface area contributed by atoms with E-state index in [1.165, 1.54) is 5.56 Å². The highest BCUT2D eigenvalue weighted by atomic mass is 16.2. The van der Waals surface area contributed by atoms with Crippen LogP contribution in [0.4, 0.5) is 5.82 Å². The summed E-state index contributed by atoms with van der Waals surface area (Å²) in [6.07, 6.45) is 2.66. The lowest BCUT2D eigenvalue weighted by Gasteiger charge is -2.13. The predicted molar refractivity (Wildman–Crippen MR) is 97.2 cm³/mol. The molecule has 2 aromatic carbocycles. The van der Waals surface area contributed by atoms with Gasteiger partial charge in [0.1, 0.15) is 12.1 Å². The summed E-state index contributed by atoms with van der Waals surface area (Å²) >= 11 is 0. The first kappa shape index (κ1) is 15.3. The maximum absolute atomic E-state index is 11.2. The number of rotatable bonds is 4. The fourth-order valence-electron chi connectivity index (χ4n) is 2.84. The minimum absolute atomic E-state index is 0.0423. The summed E-state index contributed by atoms with van der Waals surface area (Å²) < 4.78 is 0. The summed E-state index contributed by atoms with van der Waals surface area (Å²) in [5, 5.41) is 8.48. The van der Waals surface area contributed by atoms with Crippen LogP contribution < -0.4 is 10.7 Å². The molecular weight excluding hydrogens is 314 g/mol. The fourth-order valence-corrected chi connectivity index (χ4v) is 2.84. The molecule has 0 radical (unpaired) electrons. The van der Waals surface area contributed by atoms with E-state index in [1.807, 2.05) is 36.4 Å². The van der Waals surface area contributed by atoms with Gasteiger partial charge in [-0.05, 0) is 23.3 Å². The molecule has 25 heavy (non-hydrogen) atoms. The summed E-state index contributed by atoms with van der Waals surface area (Å²) in [6.45, 7) is 0.702. The van der Waals surface area contributed by atoms with Crippen LogP contribution in [0, 0.1) is 0 Å². The van der Waals surface area contributed by atoms with Gasteiger partial charge < -0.3 is 5.32 Å². The van der Waals surface area contributed by atoms with Crippen molar-refractivity contribution in [2.45, 2.75) is 19.4 Å². The van der Waals surface area contributed by atoms with Crippen molar-refractivity contribution in [2.24, 2.45) is 5.10 Å². The van der Waals surface area contributed by atoms with E-state index in [0.717, 1.165) is 28.0 Å². The number of hydrogen-bond donors (Lipinski definition) is 2. The first-order valence-electron chi connectivity index (χ1n) is 8.18. The largest absolute Gasteiger partial charge is 0.365 e. The molecule has 0 aliphatic carbocycles. The van der Waals surface area contributed by atoms with E-state index in [2.05, 4.69) is 37.9 Å². The topological polar surface area (TPSA) is 79.3 Å². The van der Waals surface area contributed by atoms with E-state index in [4.69, 9.17) is 0 Å². The van der Waals surface area contributed by atoms with Crippen molar-refractivity contribution in [1.82, 2.24) is 15.4 Å². The molecule has 0 bridgehead atoms. The molecule has 6 heteroatoms. The molecule has 1 aromatic heterocycles. The molecule has 0 unspecified atom stereocenters. The van der Waals surface area contributed by atoms with Crippen LogP contribution in [0.5, 0.6) is 0 Å². The van der Waals surface area contributed by atoms with Gasteiger partial charge in [0.25, 0.3) is 0 Å². The van der Waals surface area contributed by atoms with Gasteiger partial charge >= 0.3 is 0 Å². The first-order chi connectivity index (χ1) is 12.3. The van der Waals surface area contributed by atoms with Crippen LogP contribution in [0.1, 0.15) is 24.0 Å². The van der Waals surface area contributed by atoms with E-state index in [9.17, 15) is 4.79 Å². The smallest absolute Gasteiger partial charge is 0.240 e. The van der Waals surface area contributed by atoms with E-state index in [-0.39, 0.29) is 5.91 Å². The van der Waals surface area contributed by atoms with Gasteiger partial charge in [0.15, 0.2) is 0 Å². The minimum atomic E-state index is -0.0423. The molecule has 0 atom stereocenters. The Hall–Kier alpha value is -3.28. The van der Waals surface area contributed by atoms with Crippen molar-refractivity contribution in [2.75, 3.05) is 5.32 Å². The Morgan fingerprint density at radius 2 is 1.92 bits per heavy atom. The Kier molecular flexibility index (Phi) is 4.08. The van der Waals surface area contributed by atoms with E-state index >= 15 is 0 Å². The van der Waals surface area contributed by atoms with E-state index < -0.39 is 0 Å². The van der Waals surface area contributed by atoms with Crippen LogP contribution >= 0.6 is 0 Å². The standard InChI is InChI=1S/C19H17N5O/c25-18-9-8-16(23-24-18)14-6-7-15-17(10-14)21-12-22-19(15)20-11-13-4-2-1-3-5-13/h1-7,10,12H,8-9,11H2,(H,24,25)(H,20,21,22). The highest BCUT2D eigenvalue weighted by Crippen LogP contribution is 2.22. The molecule has 3 aromatic rings. The lowest BCUT2D eigenvalue weighted by Crippen LogP contribution is -2.25. The predicted octanol–water partition coefficient (Wildman–Crippen LogP) is 2.86. The molecule has 6 nitrogen and oxygen atoms in total. The Balaban J connectivity index is 1.61. The van der Waals surface area contributed by atoms with Gasteiger partial charge in [0, 0.05) is 24.8 Å². The lowest BCUT2D eigenvalue weighted by molar-refractivity contribution is -0.121. The van der Waals surface area contributed by atoms with E-state index in [0.29, 0.717) is 19.4 Å². The Morgan fingerprint density at radius 3 is 2.72 bits per heavy atom. The van der Waals surface area contributed by atoms with Gasteiger partial charge in [-0.3, -0.25) is 4.79 Å². The number of hydrogen-bond acceptors (Lipinski definition) is 5. The molecule has 2 heterocycles. The highest BCUT2D eigenvalue weighted by Gasteiger charge is 2.14. The number of fused-ring (bicyclic) bond motifs is 1. The van der Waals surface area contributed by atoms with Gasteiger partial charge in [-0.25, -0.2) is 15.4 Å². The quantitative estimate of drug-likeness (QED) is 0.770. The summed E-state index contributed by atoms with van der Waals surface area (Å²) in [7, 11) is 0. The number of anilines is 1. The van der Waals surface area contributed by atoms with Crippen LogP contribution in [0.25, 0.3) is 10.9 Å². The summed E-state index contributed by atoms with van der Waals surface area (Å²) in [5.41, 5.74) is 6.42.